The third kappa shape index (κ3) is 3.30. The van der Waals surface area contributed by atoms with Gasteiger partial charge >= 0.3 is 0 Å². The number of nitrogens with zero attached hydrogens (tertiary/aromatic N) is 3. The van der Waals surface area contributed by atoms with E-state index in [1.54, 1.807) is 31.2 Å². The molecule has 6 nitrogen and oxygen atoms in total. The molecule has 2 rings (SSSR count). The molecule has 0 atom stereocenters. The SMILES string of the molecule is COc1ccc(/C=N\n2c(C(C)C)n[nH]c2=S)c(OC)c1. The van der Waals surface area contributed by atoms with Crippen molar-refractivity contribution in [1.29, 1.82) is 0 Å². The van der Waals surface area contributed by atoms with Crippen LogP contribution in [0.3, 0.4) is 0 Å². The molecule has 0 radical (unpaired) electrons. The van der Waals surface area contributed by atoms with E-state index in [4.69, 9.17) is 21.7 Å². The molecule has 0 unspecified atom stereocenters. The second kappa shape index (κ2) is 6.53. The van der Waals surface area contributed by atoms with Crippen LogP contribution >= 0.6 is 12.2 Å². The lowest BCUT2D eigenvalue weighted by Gasteiger charge is -2.07. The van der Waals surface area contributed by atoms with Crippen molar-refractivity contribution in [2.75, 3.05) is 14.2 Å². The molecule has 1 aromatic heterocycles. The van der Waals surface area contributed by atoms with Crippen LogP contribution in [0.25, 0.3) is 0 Å². The Morgan fingerprint density at radius 3 is 2.71 bits per heavy atom. The molecule has 0 bridgehead atoms. The monoisotopic (exact) mass is 306 g/mol. The molecule has 0 aliphatic carbocycles. The van der Waals surface area contributed by atoms with E-state index in [1.807, 2.05) is 26.0 Å². The van der Waals surface area contributed by atoms with Gasteiger partial charge in [0.1, 0.15) is 11.5 Å². The van der Waals surface area contributed by atoms with E-state index in [9.17, 15) is 0 Å². The van der Waals surface area contributed by atoms with E-state index < -0.39 is 0 Å². The van der Waals surface area contributed by atoms with Gasteiger partial charge in [0.25, 0.3) is 0 Å². The second-order valence-electron chi connectivity index (χ2n) is 4.71. The number of benzene rings is 1. The quantitative estimate of drug-likeness (QED) is 0.681. The lowest BCUT2D eigenvalue weighted by atomic mass is 10.2. The number of ether oxygens (including phenoxy) is 2. The maximum Gasteiger partial charge on any atom is 0.216 e. The highest BCUT2D eigenvalue weighted by atomic mass is 32.1. The largest absolute Gasteiger partial charge is 0.497 e. The van der Waals surface area contributed by atoms with Crippen LogP contribution in [-0.4, -0.2) is 35.3 Å². The van der Waals surface area contributed by atoms with Gasteiger partial charge < -0.3 is 9.47 Å². The summed E-state index contributed by atoms with van der Waals surface area (Å²) < 4.78 is 12.6. The molecule has 0 spiro atoms. The Kier molecular flexibility index (Phi) is 4.74. The van der Waals surface area contributed by atoms with E-state index in [0.29, 0.717) is 10.5 Å². The van der Waals surface area contributed by atoms with Crippen molar-refractivity contribution in [1.82, 2.24) is 14.9 Å². The fourth-order valence-corrected chi connectivity index (χ4v) is 2.02. The van der Waals surface area contributed by atoms with Crippen LogP contribution in [0.2, 0.25) is 0 Å². The minimum atomic E-state index is 0.216. The number of H-pyrrole nitrogens is 1. The number of hydrogen-bond acceptors (Lipinski definition) is 5. The van der Waals surface area contributed by atoms with Gasteiger partial charge in [-0.15, -0.1) is 0 Å². The first-order valence-corrected chi connectivity index (χ1v) is 6.91. The molecule has 7 heteroatoms. The van der Waals surface area contributed by atoms with Crippen LogP contribution in [0.4, 0.5) is 0 Å². The third-order valence-corrected chi connectivity index (χ3v) is 3.21. The molecule has 1 N–H and O–H groups in total. The second-order valence-corrected chi connectivity index (χ2v) is 5.09. The summed E-state index contributed by atoms with van der Waals surface area (Å²) in [5, 5.41) is 11.3. The summed E-state index contributed by atoms with van der Waals surface area (Å²) in [5.41, 5.74) is 0.830. The average molecular weight is 306 g/mol. The van der Waals surface area contributed by atoms with Gasteiger partial charge in [0, 0.05) is 17.5 Å². The maximum absolute atomic E-state index is 5.34. The van der Waals surface area contributed by atoms with Crippen molar-refractivity contribution in [3.8, 4) is 11.5 Å². The molecule has 1 aromatic carbocycles. The molecule has 0 fully saturated rings. The van der Waals surface area contributed by atoms with Crippen LogP contribution in [0.5, 0.6) is 11.5 Å². The van der Waals surface area contributed by atoms with Gasteiger partial charge in [0.15, 0.2) is 5.82 Å². The Morgan fingerprint density at radius 2 is 2.10 bits per heavy atom. The summed E-state index contributed by atoms with van der Waals surface area (Å²) in [6.07, 6.45) is 1.69. The molecule has 2 aromatic rings. The highest BCUT2D eigenvalue weighted by Gasteiger charge is 2.09. The van der Waals surface area contributed by atoms with Gasteiger partial charge in [0.2, 0.25) is 4.77 Å². The minimum Gasteiger partial charge on any atom is -0.497 e. The summed E-state index contributed by atoms with van der Waals surface area (Å²) in [7, 11) is 3.22. The molecular formula is C14H18N4O2S. The number of hydrogen-bond donors (Lipinski definition) is 1. The summed E-state index contributed by atoms with van der Waals surface area (Å²) >= 11 is 5.19. The highest BCUT2D eigenvalue weighted by molar-refractivity contribution is 7.71. The Bertz CT molecular complexity index is 703. The van der Waals surface area contributed by atoms with Crippen LogP contribution in [0.1, 0.15) is 31.2 Å². The predicted octanol–water partition coefficient (Wildman–Crippen LogP) is 2.96. The van der Waals surface area contributed by atoms with Crippen molar-refractivity contribution in [3.63, 3.8) is 0 Å². The van der Waals surface area contributed by atoms with Crippen molar-refractivity contribution < 1.29 is 9.47 Å². The predicted molar refractivity (Wildman–Crippen MR) is 84.0 cm³/mol. The molecule has 0 amide bonds. The summed E-state index contributed by atoms with van der Waals surface area (Å²) in [6, 6.07) is 5.53. The average Bonchev–Trinajstić information content (AvgIpc) is 2.86. The number of aromatic amines is 1. The zero-order valence-corrected chi connectivity index (χ0v) is 13.3. The van der Waals surface area contributed by atoms with Gasteiger partial charge in [-0.25, -0.2) is 0 Å². The number of rotatable bonds is 5. The fraction of sp³-hybridized carbons (Fsp3) is 0.357. The van der Waals surface area contributed by atoms with E-state index in [2.05, 4.69) is 15.3 Å². The third-order valence-electron chi connectivity index (χ3n) is 2.94. The molecule has 0 saturated heterocycles. The summed E-state index contributed by atoms with van der Waals surface area (Å²) in [5.74, 6) is 2.41. The topological polar surface area (TPSA) is 64.4 Å². The van der Waals surface area contributed by atoms with Crippen LogP contribution < -0.4 is 9.47 Å². The molecule has 0 aliphatic rings. The normalized spacial score (nSPS) is 11.3. The number of nitrogens with one attached hydrogen (secondary N) is 1. The Hall–Kier alpha value is -2.15. The lowest BCUT2D eigenvalue weighted by Crippen LogP contribution is -2.01. The van der Waals surface area contributed by atoms with E-state index in [1.165, 1.54) is 0 Å². The van der Waals surface area contributed by atoms with E-state index >= 15 is 0 Å². The molecule has 0 aliphatic heterocycles. The minimum absolute atomic E-state index is 0.216. The summed E-state index contributed by atoms with van der Waals surface area (Å²) in [6.45, 7) is 4.07. The van der Waals surface area contributed by atoms with Gasteiger partial charge in [-0.1, -0.05) is 13.8 Å². The van der Waals surface area contributed by atoms with Gasteiger partial charge in [-0.3, -0.25) is 5.10 Å². The Balaban J connectivity index is 2.38. The van der Waals surface area contributed by atoms with Gasteiger partial charge in [0.05, 0.1) is 20.4 Å². The Labute approximate surface area is 128 Å². The number of aromatic nitrogens is 3. The molecule has 1 heterocycles. The van der Waals surface area contributed by atoms with Gasteiger partial charge in [-0.05, 0) is 24.4 Å². The molecule has 112 valence electrons. The zero-order chi connectivity index (χ0) is 15.4. The van der Waals surface area contributed by atoms with Crippen LogP contribution in [0.15, 0.2) is 23.3 Å². The van der Waals surface area contributed by atoms with Crippen molar-refractivity contribution in [2.45, 2.75) is 19.8 Å². The first-order chi connectivity index (χ1) is 10.1. The zero-order valence-electron chi connectivity index (χ0n) is 12.5. The lowest BCUT2D eigenvalue weighted by molar-refractivity contribution is 0.394. The van der Waals surface area contributed by atoms with E-state index in [0.717, 1.165) is 17.1 Å². The molecule has 0 saturated carbocycles. The smallest absolute Gasteiger partial charge is 0.216 e. The maximum atomic E-state index is 5.34. The first kappa shape index (κ1) is 15.2. The number of methoxy groups -OCH3 is 2. The first-order valence-electron chi connectivity index (χ1n) is 6.50. The van der Waals surface area contributed by atoms with Gasteiger partial charge in [-0.2, -0.15) is 14.9 Å². The van der Waals surface area contributed by atoms with Crippen molar-refractivity contribution >= 4 is 18.4 Å². The fourth-order valence-electron chi connectivity index (χ4n) is 1.83. The molecular weight excluding hydrogens is 288 g/mol. The van der Waals surface area contributed by atoms with Crippen LogP contribution in [-0.2, 0) is 0 Å². The molecule has 21 heavy (non-hydrogen) atoms. The van der Waals surface area contributed by atoms with Crippen molar-refractivity contribution in [3.05, 3.63) is 34.4 Å². The Morgan fingerprint density at radius 1 is 1.33 bits per heavy atom. The summed E-state index contributed by atoms with van der Waals surface area (Å²) in [4.78, 5) is 0. The van der Waals surface area contributed by atoms with E-state index in [-0.39, 0.29) is 5.92 Å². The highest BCUT2D eigenvalue weighted by Crippen LogP contribution is 2.23. The van der Waals surface area contributed by atoms with Crippen molar-refractivity contribution in [2.24, 2.45) is 5.10 Å². The van der Waals surface area contributed by atoms with Crippen LogP contribution in [0, 0.1) is 4.77 Å². The standard InChI is InChI=1S/C14H18N4O2S/c1-9(2)13-16-17-14(21)18(13)15-8-10-5-6-11(19-3)7-12(10)20-4/h5-9H,1-4H3,(H,17,21)/b15-8-.